The van der Waals surface area contributed by atoms with Crippen LogP contribution in [0.3, 0.4) is 0 Å². The van der Waals surface area contributed by atoms with Crippen molar-refractivity contribution in [2.75, 3.05) is 39.4 Å². The van der Waals surface area contributed by atoms with E-state index in [1.54, 1.807) is 0 Å². The number of nitrogens with one attached hydrogen (secondary N) is 1. The van der Waals surface area contributed by atoms with Crippen LogP contribution in [-0.2, 0) is 15.9 Å². The fourth-order valence-electron chi connectivity index (χ4n) is 3.26. The first-order valence-electron chi connectivity index (χ1n) is 9.13. The molecule has 0 spiro atoms. The van der Waals surface area contributed by atoms with E-state index in [1.165, 1.54) is 0 Å². The summed E-state index contributed by atoms with van der Waals surface area (Å²) in [6.07, 6.45) is 5.25. The zero-order chi connectivity index (χ0) is 17.5. The molecule has 1 N–H and O–H groups in total. The van der Waals surface area contributed by atoms with E-state index in [-0.39, 0.29) is 12.2 Å². The van der Waals surface area contributed by atoms with Crippen LogP contribution in [0.5, 0.6) is 0 Å². The molecule has 6 nitrogen and oxygen atoms in total. The molecule has 0 radical (unpaired) electrons. The molecule has 2 saturated heterocycles. The van der Waals surface area contributed by atoms with Gasteiger partial charge in [-0.05, 0) is 37.8 Å². The van der Waals surface area contributed by atoms with Crippen molar-refractivity contribution in [1.29, 1.82) is 0 Å². The first-order chi connectivity index (χ1) is 12.3. The number of hydrogen-bond donors (Lipinski definition) is 1. The number of halogens is 1. The van der Waals surface area contributed by atoms with Gasteiger partial charge in [0.05, 0.1) is 12.7 Å². The number of hydrogen-bond acceptors (Lipinski definition) is 4. The van der Waals surface area contributed by atoms with E-state index in [0.717, 1.165) is 63.6 Å². The molecular formula is C18H27ClN4O2. The van der Waals surface area contributed by atoms with Crippen LogP contribution >= 0.6 is 11.6 Å². The maximum atomic E-state index is 5.94. The lowest BCUT2D eigenvalue weighted by molar-refractivity contribution is -0.0817. The lowest BCUT2D eigenvalue weighted by atomic mass is 10.1. The highest BCUT2D eigenvalue weighted by Crippen LogP contribution is 2.21. The third-order valence-corrected chi connectivity index (χ3v) is 4.78. The Morgan fingerprint density at radius 3 is 2.96 bits per heavy atom. The minimum Gasteiger partial charge on any atom is -0.375 e. The SMILES string of the molecule is CCNC(=NCCc1ccc(Cl)nc1)N1CCOC(C2CCCO2)C1. The third-order valence-electron chi connectivity index (χ3n) is 4.56. The summed E-state index contributed by atoms with van der Waals surface area (Å²) in [7, 11) is 0. The van der Waals surface area contributed by atoms with Crippen molar-refractivity contribution < 1.29 is 9.47 Å². The Hall–Kier alpha value is -1.37. The highest BCUT2D eigenvalue weighted by molar-refractivity contribution is 6.29. The highest BCUT2D eigenvalue weighted by atomic mass is 35.5. The molecule has 138 valence electrons. The lowest BCUT2D eigenvalue weighted by Crippen LogP contribution is -2.53. The average molecular weight is 367 g/mol. The fraction of sp³-hybridized carbons (Fsp3) is 0.667. The quantitative estimate of drug-likeness (QED) is 0.491. The molecular weight excluding hydrogens is 340 g/mol. The second-order valence-corrected chi connectivity index (χ2v) is 6.77. The maximum Gasteiger partial charge on any atom is 0.194 e. The zero-order valence-corrected chi connectivity index (χ0v) is 15.5. The van der Waals surface area contributed by atoms with Crippen LogP contribution in [0.25, 0.3) is 0 Å². The molecule has 3 rings (SSSR count). The zero-order valence-electron chi connectivity index (χ0n) is 14.8. The Bertz CT molecular complexity index is 561. The summed E-state index contributed by atoms with van der Waals surface area (Å²) in [5, 5.41) is 3.92. The monoisotopic (exact) mass is 366 g/mol. The van der Waals surface area contributed by atoms with Crippen LogP contribution in [0.15, 0.2) is 23.3 Å². The van der Waals surface area contributed by atoms with Gasteiger partial charge in [-0.2, -0.15) is 0 Å². The lowest BCUT2D eigenvalue weighted by Gasteiger charge is -2.37. The Balaban J connectivity index is 1.57. The highest BCUT2D eigenvalue weighted by Gasteiger charge is 2.32. The van der Waals surface area contributed by atoms with E-state index in [2.05, 4.69) is 22.1 Å². The van der Waals surface area contributed by atoms with E-state index in [1.807, 2.05) is 18.3 Å². The van der Waals surface area contributed by atoms with Crippen molar-refractivity contribution in [3.05, 3.63) is 29.0 Å². The minimum atomic E-state index is 0.139. The molecule has 1 aromatic heterocycles. The molecule has 3 heterocycles. The summed E-state index contributed by atoms with van der Waals surface area (Å²) in [6.45, 7) is 6.92. The van der Waals surface area contributed by atoms with Gasteiger partial charge < -0.3 is 19.7 Å². The number of aromatic nitrogens is 1. The van der Waals surface area contributed by atoms with E-state index in [9.17, 15) is 0 Å². The first kappa shape index (κ1) is 18.4. The summed E-state index contributed by atoms with van der Waals surface area (Å²) < 4.78 is 11.7. The van der Waals surface area contributed by atoms with Gasteiger partial charge in [0.25, 0.3) is 0 Å². The molecule has 0 saturated carbocycles. The molecule has 1 aromatic rings. The largest absolute Gasteiger partial charge is 0.375 e. The summed E-state index contributed by atoms with van der Waals surface area (Å²) in [6, 6.07) is 3.82. The van der Waals surface area contributed by atoms with Gasteiger partial charge in [0.1, 0.15) is 11.3 Å². The predicted octanol–water partition coefficient (Wildman–Crippen LogP) is 2.12. The van der Waals surface area contributed by atoms with Crippen LogP contribution in [-0.4, -0.2) is 67.4 Å². The fourth-order valence-corrected chi connectivity index (χ4v) is 3.37. The molecule has 0 amide bonds. The molecule has 2 unspecified atom stereocenters. The molecule has 0 aliphatic carbocycles. The van der Waals surface area contributed by atoms with Crippen molar-refractivity contribution in [2.45, 2.75) is 38.4 Å². The topological polar surface area (TPSA) is 59.0 Å². The number of ether oxygens (including phenoxy) is 2. The predicted molar refractivity (Wildman–Crippen MR) is 99.2 cm³/mol. The van der Waals surface area contributed by atoms with Crippen LogP contribution < -0.4 is 5.32 Å². The Morgan fingerprint density at radius 1 is 1.36 bits per heavy atom. The van der Waals surface area contributed by atoms with Gasteiger partial charge in [-0.1, -0.05) is 17.7 Å². The van der Waals surface area contributed by atoms with Gasteiger partial charge in [-0.3, -0.25) is 4.99 Å². The van der Waals surface area contributed by atoms with Crippen molar-refractivity contribution in [3.8, 4) is 0 Å². The molecule has 7 heteroatoms. The van der Waals surface area contributed by atoms with Crippen LogP contribution in [0, 0.1) is 0 Å². The Kier molecular flexibility index (Phi) is 6.90. The molecule has 2 aliphatic rings. The molecule has 25 heavy (non-hydrogen) atoms. The second-order valence-electron chi connectivity index (χ2n) is 6.38. The molecule has 0 aromatic carbocycles. The van der Waals surface area contributed by atoms with Gasteiger partial charge in [0, 0.05) is 39.0 Å². The number of pyridine rings is 1. The van der Waals surface area contributed by atoms with Crippen LogP contribution in [0.2, 0.25) is 5.15 Å². The maximum absolute atomic E-state index is 5.94. The van der Waals surface area contributed by atoms with Gasteiger partial charge in [0.15, 0.2) is 5.96 Å². The van der Waals surface area contributed by atoms with Crippen molar-refractivity contribution >= 4 is 17.6 Å². The minimum absolute atomic E-state index is 0.139. The number of rotatable bonds is 5. The summed E-state index contributed by atoms with van der Waals surface area (Å²) in [5.74, 6) is 0.954. The number of guanidine groups is 1. The van der Waals surface area contributed by atoms with Crippen LogP contribution in [0.4, 0.5) is 0 Å². The van der Waals surface area contributed by atoms with Gasteiger partial charge in [-0.25, -0.2) is 4.98 Å². The number of morpholine rings is 1. The first-order valence-corrected chi connectivity index (χ1v) is 9.51. The van der Waals surface area contributed by atoms with Crippen molar-refractivity contribution in [3.63, 3.8) is 0 Å². The average Bonchev–Trinajstić information content (AvgIpc) is 3.17. The summed E-state index contributed by atoms with van der Waals surface area (Å²) in [4.78, 5) is 11.2. The van der Waals surface area contributed by atoms with Gasteiger partial charge >= 0.3 is 0 Å². The second kappa shape index (κ2) is 9.36. The number of aliphatic imine (C=N–C) groups is 1. The van der Waals surface area contributed by atoms with E-state index >= 15 is 0 Å². The normalized spacial score (nSPS) is 24.6. The molecule has 2 atom stereocenters. The van der Waals surface area contributed by atoms with Crippen molar-refractivity contribution in [1.82, 2.24) is 15.2 Å². The molecule has 2 aliphatic heterocycles. The van der Waals surface area contributed by atoms with E-state index in [0.29, 0.717) is 11.7 Å². The van der Waals surface area contributed by atoms with E-state index < -0.39 is 0 Å². The van der Waals surface area contributed by atoms with Gasteiger partial charge in [-0.15, -0.1) is 0 Å². The Labute approximate surface area is 154 Å². The summed E-state index contributed by atoms with van der Waals surface area (Å²) >= 11 is 5.83. The third kappa shape index (κ3) is 5.30. The standard InChI is InChI=1S/C18H27ClN4O2/c1-2-20-18(21-8-7-14-5-6-17(19)22-12-14)23-9-11-25-16(13-23)15-4-3-10-24-15/h5-6,12,15-16H,2-4,7-11,13H2,1H3,(H,20,21). The smallest absolute Gasteiger partial charge is 0.194 e. The number of nitrogens with zero attached hydrogens (tertiary/aromatic N) is 3. The Morgan fingerprint density at radius 2 is 2.24 bits per heavy atom. The van der Waals surface area contributed by atoms with Crippen molar-refractivity contribution in [2.24, 2.45) is 4.99 Å². The summed E-state index contributed by atoms with van der Waals surface area (Å²) in [5.41, 5.74) is 1.14. The van der Waals surface area contributed by atoms with E-state index in [4.69, 9.17) is 26.1 Å². The molecule has 2 fully saturated rings. The van der Waals surface area contributed by atoms with Crippen LogP contribution in [0.1, 0.15) is 25.3 Å². The van der Waals surface area contributed by atoms with Gasteiger partial charge in [0.2, 0.25) is 0 Å². The molecule has 0 bridgehead atoms.